The number of ether oxygens (including phenoxy) is 2. The lowest BCUT2D eigenvalue weighted by atomic mass is 10.0. The maximum atomic E-state index is 13.7. The molecular weight excluding hydrogens is 597 g/mol. The molecule has 0 amide bonds. The highest BCUT2D eigenvalue weighted by Gasteiger charge is 2.54. The fourth-order valence-corrected chi connectivity index (χ4v) is 5.61. The normalized spacial score (nSPS) is 26.0. The van der Waals surface area contributed by atoms with E-state index in [4.69, 9.17) is 30.1 Å². The van der Waals surface area contributed by atoms with Gasteiger partial charge in [0.25, 0.3) is 5.56 Å². The molecule has 2 heterocycles. The average Bonchev–Trinajstić information content (AvgIpc) is 3.03. The highest BCUT2D eigenvalue weighted by Crippen LogP contribution is 2.48. The summed E-state index contributed by atoms with van der Waals surface area (Å²) in [6, 6.07) is 7.06. The van der Waals surface area contributed by atoms with Gasteiger partial charge in [0.15, 0.2) is 6.23 Å². The highest BCUT2D eigenvalue weighted by molar-refractivity contribution is 9.10. The number of benzene rings is 1. The van der Waals surface area contributed by atoms with E-state index in [1.165, 1.54) is 20.0 Å². The minimum absolute atomic E-state index is 0.0459. The van der Waals surface area contributed by atoms with Crippen LogP contribution in [0, 0.1) is 0 Å². The van der Waals surface area contributed by atoms with Crippen molar-refractivity contribution in [1.29, 1.82) is 0 Å². The Hall–Kier alpha value is -1.99. The number of esters is 1. The number of hydrogen-bond donors (Lipinski definition) is 3. The van der Waals surface area contributed by atoms with Crippen LogP contribution in [0.4, 0.5) is 0 Å². The zero-order chi connectivity index (χ0) is 27.5. The fraction of sp³-hybridized carbons (Fsp3) is 0.500. The van der Waals surface area contributed by atoms with Crippen LogP contribution in [0.15, 0.2) is 50.6 Å². The minimum Gasteiger partial charge on any atom is -0.462 e. The molecule has 1 unspecified atom stereocenters. The Morgan fingerprint density at radius 1 is 1.32 bits per heavy atom. The van der Waals surface area contributed by atoms with Crippen LogP contribution in [0.25, 0.3) is 0 Å². The first kappa shape index (κ1) is 29.6. The van der Waals surface area contributed by atoms with Crippen molar-refractivity contribution in [3.8, 4) is 5.75 Å². The number of carbonyl (C=O) groups is 1. The van der Waals surface area contributed by atoms with Crippen molar-refractivity contribution in [2.75, 3.05) is 6.61 Å². The summed E-state index contributed by atoms with van der Waals surface area (Å²) >= 11 is 9.60. The van der Waals surface area contributed by atoms with Crippen molar-refractivity contribution in [2.45, 2.75) is 63.2 Å². The van der Waals surface area contributed by atoms with Crippen LogP contribution in [-0.4, -0.2) is 56.5 Å². The number of aromatic amines is 1. The molecule has 0 bridgehead atoms. The molecule has 12 nitrogen and oxygen atoms in total. The quantitative estimate of drug-likeness (QED) is 0.204. The van der Waals surface area contributed by atoms with E-state index in [1.54, 1.807) is 44.2 Å². The van der Waals surface area contributed by atoms with Crippen LogP contribution in [-0.2, 0) is 23.4 Å². The van der Waals surface area contributed by atoms with Gasteiger partial charge in [-0.1, -0.05) is 18.2 Å². The van der Waals surface area contributed by atoms with Crippen LogP contribution in [0.5, 0.6) is 5.75 Å². The van der Waals surface area contributed by atoms with Gasteiger partial charge in [0.2, 0.25) is 0 Å². The van der Waals surface area contributed by atoms with E-state index >= 15 is 0 Å². The number of aliphatic hydroxyl groups is 1. The number of nitrogens with one attached hydrogen (secondary N) is 2. The number of alkyl halides is 1. The number of H-pyrrole nitrogens is 1. The van der Waals surface area contributed by atoms with Crippen LogP contribution >= 0.6 is 35.3 Å². The fourth-order valence-electron chi connectivity index (χ4n) is 3.49. The Morgan fingerprint density at radius 2 is 1.97 bits per heavy atom. The second kappa shape index (κ2) is 11.8. The lowest BCUT2D eigenvalue weighted by Gasteiger charge is -2.26. The molecule has 2 aromatic rings. The van der Waals surface area contributed by atoms with Crippen molar-refractivity contribution < 1.29 is 33.0 Å². The molecule has 15 heteroatoms. The van der Waals surface area contributed by atoms with Crippen LogP contribution in [0.2, 0.25) is 0 Å². The first-order chi connectivity index (χ1) is 17.2. The topological polar surface area (TPSA) is 158 Å². The van der Waals surface area contributed by atoms with Gasteiger partial charge in [-0.15, -0.1) is 11.6 Å². The van der Waals surface area contributed by atoms with Crippen molar-refractivity contribution in [3.05, 3.63) is 61.8 Å². The lowest BCUT2D eigenvalue weighted by molar-refractivity contribution is -0.149. The van der Waals surface area contributed by atoms with E-state index in [0.29, 0.717) is 0 Å². The van der Waals surface area contributed by atoms with Crippen LogP contribution < -0.4 is 20.9 Å². The Morgan fingerprint density at radius 3 is 2.59 bits per heavy atom. The molecule has 1 fully saturated rings. The lowest BCUT2D eigenvalue weighted by Crippen LogP contribution is -2.43. The molecule has 0 spiro atoms. The van der Waals surface area contributed by atoms with E-state index in [9.17, 15) is 24.1 Å². The van der Waals surface area contributed by atoms with Crippen molar-refractivity contribution in [3.63, 3.8) is 0 Å². The van der Waals surface area contributed by atoms with Gasteiger partial charge in [0.05, 0.1) is 17.2 Å². The van der Waals surface area contributed by atoms with E-state index in [2.05, 4.69) is 26.0 Å². The van der Waals surface area contributed by atoms with Crippen LogP contribution in [0.1, 0.15) is 33.9 Å². The Labute approximate surface area is 225 Å². The molecule has 1 aromatic heterocycles. The SMILES string of the molecule is CC(C)OC(=O)[C@@H](C)N[P@](=O)(OC[C@H]1OC(n2cc(Br)c(=O)[nH]c2=O)[C@](C)(Cl)[C@@H]1O)Oc1ccccc1. The van der Waals surface area contributed by atoms with Gasteiger partial charge in [-0.25, -0.2) is 9.36 Å². The number of halogens is 2. The second-order valence-electron chi connectivity index (χ2n) is 8.80. The zero-order valence-corrected chi connectivity index (χ0v) is 23.7. The molecule has 0 aliphatic carbocycles. The van der Waals surface area contributed by atoms with E-state index in [-0.39, 0.29) is 10.2 Å². The standard InChI is InChI=1S/C22H28BrClN3O9P/c1-12(2)34-19(30)13(3)26-37(32,36-14-8-6-5-7-9-14)33-11-16-17(28)22(4,24)20(35-16)27-10-15(23)18(29)25-21(27)31/h5-10,12-13,16-17,20,28H,11H2,1-4H3,(H,26,32)(H,25,29,31)/t13-,16-,17-,20?,22-,37+/m1/s1. The molecule has 6 atom stereocenters. The maximum Gasteiger partial charge on any atom is 0.459 e. The number of aliphatic hydroxyl groups excluding tert-OH is 1. The monoisotopic (exact) mass is 623 g/mol. The zero-order valence-electron chi connectivity index (χ0n) is 20.4. The first-order valence-electron chi connectivity index (χ1n) is 11.2. The molecule has 1 aliphatic heterocycles. The Balaban J connectivity index is 1.82. The number of rotatable bonds is 10. The molecule has 1 aliphatic rings. The van der Waals surface area contributed by atoms with Gasteiger partial charge in [-0.05, 0) is 55.8 Å². The predicted octanol–water partition coefficient (Wildman–Crippen LogP) is 2.69. The van der Waals surface area contributed by atoms with Crippen molar-refractivity contribution >= 4 is 41.2 Å². The summed E-state index contributed by atoms with van der Waals surface area (Å²) < 4.78 is 36.8. The van der Waals surface area contributed by atoms with Crippen LogP contribution in [0.3, 0.4) is 0 Å². The van der Waals surface area contributed by atoms with Gasteiger partial charge < -0.3 is 19.1 Å². The number of para-hydroxylation sites is 1. The molecule has 3 N–H and O–H groups in total. The summed E-state index contributed by atoms with van der Waals surface area (Å²) in [7, 11) is -4.24. The number of aromatic nitrogens is 2. The molecule has 1 saturated heterocycles. The third-order valence-electron chi connectivity index (χ3n) is 5.33. The summed E-state index contributed by atoms with van der Waals surface area (Å²) in [5.41, 5.74) is -1.46. The number of hydrogen-bond acceptors (Lipinski definition) is 9. The molecule has 0 saturated carbocycles. The summed E-state index contributed by atoms with van der Waals surface area (Å²) in [6.45, 7) is 5.72. The predicted molar refractivity (Wildman–Crippen MR) is 138 cm³/mol. The van der Waals surface area contributed by atoms with Gasteiger partial charge in [0.1, 0.15) is 28.9 Å². The maximum absolute atomic E-state index is 13.7. The van der Waals surface area contributed by atoms with E-state index in [0.717, 1.165) is 4.57 Å². The molecular formula is C22H28BrClN3O9P. The Bertz CT molecular complexity index is 1270. The minimum atomic E-state index is -4.24. The number of nitrogens with zero attached hydrogens (tertiary/aromatic N) is 1. The second-order valence-corrected chi connectivity index (χ2v) is 12.2. The summed E-state index contributed by atoms with van der Waals surface area (Å²) in [4.78, 5) is 37.0. The van der Waals surface area contributed by atoms with Gasteiger partial charge in [0, 0.05) is 6.20 Å². The van der Waals surface area contributed by atoms with E-state index < -0.39 is 67.0 Å². The molecule has 0 radical (unpaired) electrons. The average molecular weight is 625 g/mol. The third-order valence-corrected chi connectivity index (χ3v) is 7.95. The molecule has 3 rings (SSSR count). The third kappa shape index (κ3) is 7.11. The van der Waals surface area contributed by atoms with Gasteiger partial charge in [-0.2, -0.15) is 5.09 Å². The van der Waals surface area contributed by atoms with Crippen molar-refractivity contribution in [1.82, 2.24) is 14.6 Å². The first-order valence-corrected chi connectivity index (χ1v) is 14.0. The summed E-state index contributed by atoms with van der Waals surface area (Å²) in [5, 5.41) is 13.4. The smallest absolute Gasteiger partial charge is 0.459 e. The van der Waals surface area contributed by atoms with Gasteiger partial charge >= 0.3 is 19.4 Å². The Kier molecular flexibility index (Phi) is 9.44. The van der Waals surface area contributed by atoms with E-state index in [1.807, 2.05) is 0 Å². The largest absolute Gasteiger partial charge is 0.462 e. The van der Waals surface area contributed by atoms with Crippen molar-refractivity contribution in [2.24, 2.45) is 0 Å². The number of carbonyl (C=O) groups excluding carboxylic acids is 1. The summed E-state index contributed by atoms with van der Waals surface area (Å²) in [6.07, 6.45) is -3.00. The summed E-state index contributed by atoms with van der Waals surface area (Å²) in [5.74, 6) is -0.482. The van der Waals surface area contributed by atoms with Gasteiger partial charge in [-0.3, -0.25) is 23.7 Å². The molecule has 204 valence electrons. The highest BCUT2D eigenvalue weighted by atomic mass is 79.9. The molecule has 37 heavy (non-hydrogen) atoms. The molecule has 1 aromatic carbocycles.